The monoisotopic (exact) mass is 327 g/mol. The summed E-state index contributed by atoms with van der Waals surface area (Å²) in [7, 11) is 3.18. The summed E-state index contributed by atoms with van der Waals surface area (Å²) in [6.45, 7) is 0.119. The van der Waals surface area contributed by atoms with E-state index in [0.29, 0.717) is 25.0 Å². The number of hydrogen-bond acceptors (Lipinski definition) is 7. The van der Waals surface area contributed by atoms with Crippen molar-refractivity contribution < 1.29 is 29.0 Å². The Hall–Kier alpha value is -1.74. The summed E-state index contributed by atoms with van der Waals surface area (Å²) in [6.07, 6.45) is 0.224. The van der Waals surface area contributed by atoms with E-state index in [2.05, 4.69) is 0 Å². The van der Waals surface area contributed by atoms with Gasteiger partial charge in [0.1, 0.15) is 0 Å². The summed E-state index contributed by atoms with van der Waals surface area (Å²) in [4.78, 5) is 10.6. The van der Waals surface area contributed by atoms with Crippen LogP contribution in [0.15, 0.2) is 18.2 Å². The predicted octanol–water partition coefficient (Wildman–Crippen LogP) is 1.63. The van der Waals surface area contributed by atoms with E-state index in [4.69, 9.17) is 24.1 Å². The van der Waals surface area contributed by atoms with Crippen LogP contribution in [0, 0.1) is 10.1 Å². The first kappa shape index (κ1) is 17.6. The molecule has 1 N–H and O–H groups in total. The predicted molar refractivity (Wildman–Crippen MR) is 80.2 cm³/mol. The van der Waals surface area contributed by atoms with Crippen molar-refractivity contribution in [3.63, 3.8) is 0 Å². The number of hydrogen-bond donors (Lipinski definition) is 1. The summed E-state index contributed by atoms with van der Waals surface area (Å²) in [5, 5.41) is 20.3. The van der Waals surface area contributed by atoms with Crippen molar-refractivity contribution in [2.24, 2.45) is 0 Å². The van der Waals surface area contributed by atoms with E-state index in [0.717, 1.165) is 0 Å². The van der Waals surface area contributed by atoms with E-state index in [1.165, 1.54) is 12.1 Å². The molecule has 3 unspecified atom stereocenters. The zero-order valence-corrected chi connectivity index (χ0v) is 13.1. The van der Waals surface area contributed by atoms with Crippen molar-refractivity contribution in [3.05, 3.63) is 33.9 Å². The molecule has 8 heteroatoms. The number of aliphatic hydroxyl groups excluding tert-OH is 1. The number of benzene rings is 1. The Morgan fingerprint density at radius 3 is 2.78 bits per heavy atom. The quantitative estimate of drug-likeness (QED) is 0.600. The minimum Gasteiger partial charge on any atom is -0.458 e. The first-order chi connectivity index (χ1) is 11.1. The average molecular weight is 327 g/mol. The lowest BCUT2D eigenvalue weighted by atomic mass is 10.1. The van der Waals surface area contributed by atoms with Crippen molar-refractivity contribution in [2.75, 3.05) is 20.8 Å². The maximum absolute atomic E-state index is 11.2. The molecule has 0 amide bonds. The van der Waals surface area contributed by atoms with Crippen LogP contribution >= 0.6 is 0 Å². The topological polar surface area (TPSA) is 100 Å². The van der Waals surface area contributed by atoms with Gasteiger partial charge in [-0.15, -0.1) is 0 Å². The molecule has 1 heterocycles. The Bertz CT molecular complexity index is 537. The molecule has 0 bridgehead atoms. The first-order valence-corrected chi connectivity index (χ1v) is 7.29. The second kappa shape index (κ2) is 8.21. The molecule has 1 aromatic carbocycles. The molecule has 0 aliphatic carbocycles. The van der Waals surface area contributed by atoms with Crippen molar-refractivity contribution in [1.82, 2.24) is 0 Å². The molecule has 0 radical (unpaired) electrons. The average Bonchev–Trinajstić information content (AvgIpc) is 2.55. The fourth-order valence-electron chi connectivity index (χ4n) is 2.54. The molecule has 1 aliphatic rings. The van der Waals surface area contributed by atoms with Gasteiger partial charge < -0.3 is 24.1 Å². The molecule has 0 saturated carbocycles. The molecule has 1 aliphatic heterocycles. The molecular formula is C15H21NO7. The van der Waals surface area contributed by atoms with Gasteiger partial charge in [-0.25, -0.2) is 0 Å². The van der Waals surface area contributed by atoms with Crippen LogP contribution in [-0.2, 0) is 20.8 Å². The van der Waals surface area contributed by atoms with Gasteiger partial charge in [-0.1, -0.05) is 6.07 Å². The Morgan fingerprint density at radius 2 is 2.17 bits per heavy atom. The van der Waals surface area contributed by atoms with Crippen LogP contribution in [0.5, 0.6) is 5.75 Å². The molecule has 0 aromatic heterocycles. The number of rotatable bonds is 7. The van der Waals surface area contributed by atoms with E-state index in [1.54, 1.807) is 20.3 Å². The summed E-state index contributed by atoms with van der Waals surface area (Å²) < 4.78 is 21.9. The highest BCUT2D eigenvalue weighted by Crippen LogP contribution is 2.32. The zero-order valence-electron chi connectivity index (χ0n) is 13.1. The molecule has 2 rings (SSSR count). The molecule has 1 aromatic rings. The third-order valence-electron chi connectivity index (χ3n) is 3.67. The van der Waals surface area contributed by atoms with Crippen molar-refractivity contribution >= 4 is 5.69 Å². The van der Waals surface area contributed by atoms with E-state index in [-0.39, 0.29) is 30.3 Å². The van der Waals surface area contributed by atoms with E-state index >= 15 is 0 Å². The Kier molecular flexibility index (Phi) is 6.28. The van der Waals surface area contributed by atoms with Crippen LogP contribution < -0.4 is 4.74 Å². The van der Waals surface area contributed by atoms with Gasteiger partial charge in [0.15, 0.2) is 5.75 Å². The Labute approximate surface area is 134 Å². The molecule has 23 heavy (non-hydrogen) atoms. The van der Waals surface area contributed by atoms with Crippen molar-refractivity contribution in [2.45, 2.75) is 37.9 Å². The summed E-state index contributed by atoms with van der Waals surface area (Å²) >= 11 is 0. The molecule has 1 fully saturated rings. The van der Waals surface area contributed by atoms with Crippen LogP contribution in [0.25, 0.3) is 0 Å². The first-order valence-electron chi connectivity index (χ1n) is 7.29. The number of nitrogens with zero attached hydrogens (tertiary/aromatic N) is 1. The van der Waals surface area contributed by atoms with Crippen LogP contribution in [0.3, 0.4) is 0 Å². The lowest BCUT2D eigenvalue weighted by Gasteiger charge is -2.34. The van der Waals surface area contributed by atoms with Gasteiger partial charge in [0, 0.05) is 33.1 Å². The SMILES string of the molecule is COCC1CC(OC)CC(Oc2ccc(CO)cc2[N+](=O)[O-])O1. The van der Waals surface area contributed by atoms with Gasteiger partial charge in [0.05, 0.1) is 30.3 Å². The van der Waals surface area contributed by atoms with E-state index in [9.17, 15) is 10.1 Å². The molecule has 3 atom stereocenters. The lowest BCUT2D eigenvalue weighted by molar-refractivity contribution is -0.386. The maximum atomic E-state index is 11.2. The summed E-state index contributed by atoms with van der Waals surface area (Å²) in [5.41, 5.74) is 0.239. The molecule has 8 nitrogen and oxygen atoms in total. The Morgan fingerprint density at radius 1 is 1.39 bits per heavy atom. The standard InChI is InChI=1S/C15H21NO7/c1-20-9-12-6-11(21-2)7-15(22-12)23-14-4-3-10(8-17)5-13(14)16(18)19/h3-5,11-12,15,17H,6-9H2,1-2H3. The van der Waals surface area contributed by atoms with E-state index in [1.807, 2.05) is 0 Å². The zero-order chi connectivity index (χ0) is 16.8. The van der Waals surface area contributed by atoms with Crippen LogP contribution in [-0.4, -0.2) is 49.4 Å². The second-order valence-electron chi connectivity index (χ2n) is 5.31. The minimum atomic E-state index is -0.660. The van der Waals surface area contributed by atoms with Crippen LogP contribution in [0.1, 0.15) is 18.4 Å². The number of ether oxygens (including phenoxy) is 4. The van der Waals surface area contributed by atoms with Crippen molar-refractivity contribution in [3.8, 4) is 5.75 Å². The maximum Gasteiger partial charge on any atom is 0.311 e. The number of aliphatic hydroxyl groups is 1. The normalized spacial score (nSPS) is 24.4. The molecular weight excluding hydrogens is 306 g/mol. The number of methoxy groups -OCH3 is 2. The van der Waals surface area contributed by atoms with Gasteiger partial charge in [-0.3, -0.25) is 10.1 Å². The minimum absolute atomic E-state index is 0.0651. The highest BCUT2D eigenvalue weighted by Gasteiger charge is 2.32. The second-order valence-corrected chi connectivity index (χ2v) is 5.31. The fourth-order valence-corrected chi connectivity index (χ4v) is 2.54. The highest BCUT2D eigenvalue weighted by atomic mass is 16.7. The smallest absolute Gasteiger partial charge is 0.311 e. The largest absolute Gasteiger partial charge is 0.458 e. The highest BCUT2D eigenvalue weighted by molar-refractivity contribution is 5.48. The lowest BCUT2D eigenvalue weighted by Crippen LogP contribution is -2.41. The van der Waals surface area contributed by atoms with Crippen LogP contribution in [0.4, 0.5) is 5.69 Å². The fraction of sp³-hybridized carbons (Fsp3) is 0.600. The number of nitro benzene ring substituents is 1. The van der Waals surface area contributed by atoms with Gasteiger partial charge in [-0.2, -0.15) is 0 Å². The Balaban J connectivity index is 2.15. The molecule has 0 spiro atoms. The van der Waals surface area contributed by atoms with Gasteiger partial charge in [0.2, 0.25) is 6.29 Å². The van der Waals surface area contributed by atoms with Crippen molar-refractivity contribution in [1.29, 1.82) is 0 Å². The van der Waals surface area contributed by atoms with Gasteiger partial charge in [0.25, 0.3) is 0 Å². The number of nitro groups is 1. The van der Waals surface area contributed by atoms with Gasteiger partial charge in [-0.05, 0) is 11.6 Å². The summed E-state index contributed by atoms with van der Waals surface area (Å²) in [5.74, 6) is 0.102. The third-order valence-corrected chi connectivity index (χ3v) is 3.67. The molecule has 128 valence electrons. The third kappa shape index (κ3) is 4.61. The van der Waals surface area contributed by atoms with E-state index < -0.39 is 11.2 Å². The van der Waals surface area contributed by atoms with Gasteiger partial charge >= 0.3 is 5.69 Å². The molecule has 1 saturated heterocycles. The summed E-state index contributed by atoms with van der Waals surface area (Å²) in [6, 6.07) is 4.33. The van der Waals surface area contributed by atoms with Crippen LogP contribution in [0.2, 0.25) is 0 Å².